The Balaban J connectivity index is 2.31. The van der Waals surface area contributed by atoms with Gasteiger partial charge in [0.15, 0.2) is 0 Å². The van der Waals surface area contributed by atoms with Crippen LogP contribution >= 0.6 is 22.6 Å². The fourth-order valence-electron chi connectivity index (χ4n) is 1.05. The Morgan fingerprint density at radius 1 is 1.56 bits per heavy atom. The Kier molecular flexibility index (Phi) is 2.91. The molecule has 1 heterocycles. The van der Waals surface area contributed by atoms with Crippen molar-refractivity contribution in [2.45, 2.75) is 25.3 Å². The summed E-state index contributed by atoms with van der Waals surface area (Å²) in [6.45, 7) is 1.01. The van der Waals surface area contributed by atoms with Crippen LogP contribution in [0, 0.1) is 0 Å². The molecule has 0 spiro atoms. The SMILES string of the molecule is O=C(I)C1CCCCN1. The smallest absolute Gasteiger partial charge is 0.209 e. The molecule has 0 aromatic heterocycles. The molecule has 1 saturated heterocycles. The summed E-state index contributed by atoms with van der Waals surface area (Å²) < 4.78 is 0.257. The summed E-state index contributed by atoms with van der Waals surface area (Å²) in [5.41, 5.74) is 0. The molecule has 0 aliphatic carbocycles. The van der Waals surface area contributed by atoms with Crippen LogP contribution in [-0.4, -0.2) is 16.4 Å². The van der Waals surface area contributed by atoms with Gasteiger partial charge in [-0.3, -0.25) is 4.79 Å². The molecule has 1 rings (SSSR count). The zero-order chi connectivity index (χ0) is 6.69. The lowest BCUT2D eigenvalue weighted by Gasteiger charge is -2.19. The van der Waals surface area contributed by atoms with Crippen LogP contribution in [0.4, 0.5) is 0 Å². The molecular weight excluding hydrogens is 229 g/mol. The van der Waals surface area contributed by atoms with Crippen molar-refractivity contribution < 1.29 is 4.79 Å². The summed E-state index contributed by atoms with van der Waals surface area (Å²) in [7, 11) is 0. The van der Waals surface area contributed by atoms with Crippen molar-refractivity contribution in [2.75, 3.05) is 6.54 Å². The van der Waals surface area contributed by atoms with Gasteiger partial charge in [-0.1, -0.05) is 6.42 Å². The van der Waals surface area contributed by atoms with E-state index in [9.17, 15) is 4.79 Å². The molecule has 1 aliphatic rings. The average molecular weight is 239 g/mol. The van der Waals surface area contributed by atoms with Crippen LogP contribution in [0.5, 0.6) is 0 Å². The quantitative estimate of drug-likeness (QED) is 0.548. The highest BCUT2D eigenvalue weighted by atomic mass is 127. The van der Waals surface area contributed by atoms with Gasteiger partial charge >= 0.3 is 0 Å². The van der Waals surface area contributed by atoms with Crippen LogP contribution in [0.25, 0.3) is 0 Å². The minimum absolute atomic E-state index is 0.152. The van der Waals surface area contributed by atoms with Gasteiger partial charge in [0.1, 0.15) is 0 Å². The van der Waals surface area contributed by atoms with Gasteiger partial charge in [-0.15, -0.1) is 0 Å². The molecule has 9 heavy (non-hydrogen) atoms. The summed E-state index contributed by atoms with van der Waals surface area (Å²) in [5, 5.41) is 3.16. The predicted octanol–water partition coefficient (Wildman–Crippen LogP) is 1.09. The summed E-state index contributed by atoms with van der Waals surface area (Å²) in [6.07, 6.45) is 3.45. The highest BCUT2D eigenvalue weighted by Crippen LogP contribution is 2.09. The van der Waals surface area contributed by atoms with Gasteiger partial charge in [-0.05, 0) is 19.4 Å². The van der Waals surface area contributed by atoms with E-state index in [-0.39, 0.29) is 9.83 Å². The van der Waals surface area contributed by atoms with E-state index in [1.54, 1.807) is 0 Å². The van der Waals surface area contributed by atoms with E-state index < -0.39 is 0 Å². The maximum absolute atomic E-state index is 10.7. The second-order valence-corrected chi connectivity index (χ2v) is 3.37. The molecule has 1 atom stereocenters. The van der Waals surface area contributed by atoms with E-state index in [1.807, 2.05) is 22.6 Å². The number of hydrogen-bond donors (Lipinski definition) is 1. The second-order valence-electron chi connectivity index (χ2n) is 2.31. The lowest BCUT2D eigenvalue weighted by Crippen LogP contribution is -2.37. The molecular formula is C6H10INO. The minimum atomic E-state index is 0.152. The standard InChI is InChI=1S/C6H10INO/c7-6(9)5-3-1-2-4-8-5/h5,8H,1-4H2. The summed E-state index contributed by atoms with van der Waals surface area (Å²) in [6, 6.07) is 0.152. The Morgan fingerprint density at radius 3 is 2.67 bits per heavy atom. The highest BCUT2D eigenvalue weighted by Gasteiger charge is 2.16. The Bertz CT molecular complexity index is 110. The topological polar surface area (TPSA) is 29.1 Å². The monoisotopic (exact) mass is 239 g/mol. The van der Waals surface area contributed by atoms with Crippen molar-refractivity contribution in [1.29, 1.82) is 0 Å². The molecule has 0 bridgehead atoms. The fraction of sp³-hybridized carbons (Fsp3) is 0.833. The normalized spacial score (nSPS) is 27.9. The van der Waals surface area contributed by atoms with Crippen molar-refractivity contribution in [1.82, 2.24) is 5.32 Å². The molecule has 1 aliphatic heterocycles. The Labute approximate surface area is 68.5 Å². The molecule has 0 aromatic carbocycles. The third-order valence-corrected chi connectivity index (χ3v) is 2.34. The molecule has 1 N–H and O–H groups in total. The van der Waals surface area contributed by atoms with Crippen LogP contribution in [-0.2, 0) is 4.79 Å². The number of nitrogens with one attached hydrogen (secondary N) is 1. The largest absolute Gasteiger partial charge is 0.307 e. The minimum Gasteiger partial charge on any atom is -0.307 e. The van der Waals surface area contributed by atoms with E-state index in [0.717, 1.165) is 13.0 Å². The number of carbonyl (C=O) groups is 1. The molecule has 0 amide bonds. The molecule has 2 nitrogen and oxygen atoms in total. The van der Waals surface area contributed by atoms with E-state index in [1.165, 1.54) is 12.8 Å². The zero-order valence-corrected chi connectivity index (χ0v) is 7.35. The number of rotatable bonds is 1. The van der Waals surface area contributed by atoms with Crippen molar-refractivity contribution in [2.24, 2.45) is 0 Å². The molecule has 1 unspecified atom stereocenters. The van der Waals surface area contributed by atoms with E-state index >= 15 is 0 Å². The molecule has 0 radical (unpaired) electrons. The lowest BCUT2D eigenvalue weighted by molar-refractivity contribution is -0.111. The van der Waals surface area contributed by atoms with Crippen LogP contribution in [0.2, 0.25) is 0 Å². The van der Waals surface area contributed by atoms with Gasteiger partial charge in [0.25, 0.3) is 0 Å². The van der Waals surface area contributed by atoms with Gasteiger partial charge in [0, 0.05) is 22.6 Å². The first-order valence-corrected chi connectivity index (χ1v) is 4.31. The molecule has 1 fully saturated rings. The maximum atomic E-state index is 10.7. The van der Waals surface area contributed by atoms with Gasteiger partial charge in [-0.2, -0.15) is 0 Å². The first kappa shape index (κ1) is 7.47. The Morgan fingerprint density at radius 2 is 2.33 bits per heavy atom. The van der Waals surface area contributed by atoms with E-state index in [0.29, 0.717) is 0 Å². The molecule has 3 heteroatoms. The predicted molar refractivity (Wildman–Crippen MR) is 44.7 cm³/mol. The lowest BCUT2D eigenvalue weighted by atomic mass is 10.1. The van der Waals surface area contributed by atoms with E-state index in [2.05, 4.69) is 5.32 Å². The number of halogens is 1. The number of carbonyl (C=O) groups excluding carboxylic acids is 1. The maximum Gasteiger partial charge on any atom is 0.209 e. The first-order valence-electron chi connectivity index (χ1n) is 3.23. The fourth-order valence-corrected chi connectivity index (χ4v) is 1.58. The van der Waals surface area contributed by atoms with Crippen molar-refractivity contribution in [3.63, 3.8) is 0 Å². The molecule has 0 aromatic rings. The molecule has 52 valence electrons. The Hall–Kier alpha value is 0.360. The van der Waals surface area contributed by atoms with Crippen LogP contribution in [0.15, 0.2) is 0 Å². The first-order chi connectivity index (χ1) is 4.30. The zero-order valence-electron chi connectivity index (χ0n) is 5.19. The van der Waals surface area contributed by atoms with Gasteiger partial charge in [0.05, 0.1) is 6.04 Å². The van der Waals surface area contributed by atoms with Crippen molar-refractivity contribution in [3.05, 3.63) is 0 Å². The summed E-state index contributed by atoms with van der Waals surface area (Å²) in [4.78, 5) is 10.7. The third-order valence-electron chi connectivity index (χ3n) is 1.58. The molecule has 0 saturated carbocycles. The summed E-state index contributed by atoms with van der Waals surface area (Å²) >= 11 is 1.86. The number of hydrogen-bond acceptors (Lipinski definition) is 2. The highest BCUT2D eigenvalue weighted by molar-refractivity contribution is 14.1. The van der Waals surface area contributed by atoms with Crippen LogP contribution in [0.1, 0.15) is 19.3 Å². The van der Waals surface area contributed by atoms with Gasteiger partial charge < -0.3 is 5.32 Å². The third kappa shape index (κ3) is 2.21. The van der Waals surface area contributed by atoms with Crippen LogP contribution in [0.3, 0.4) is 0 Å². The van der Waals surface area contributed by atoms with Crippen molar-refractivity contribution in [3.8, 4) is 0 Å². The number of piperidine rings is 1. The van der Waals surface area contributed by atoms with Gasteiger partial charge in [-0.25, -0.2) is 0 Å². The average Bonchev–Trinajstić information content (AvgIpc) is 1.90. The summed E-state index contributed by atoms with van der Waals surface area (Å²) in [5.74, 6) is 0. The van der Waals surface area contributed by atoms with Gasteiger partial charge in [0.2, 0.25) is 3.79 Å². The second kappa shape index (κ2) is 3.51. The van der Waals surface area contributed by atoms with Crippen LogP contribution < -0.4 is 5.32 Å². The van der Waals surface area contributed by atoms with Crippen molar-refractivity contribution >= 4 is 26.4 Å². The van der Waals surface area contributed by atoms with E-state index in [4.69, 9.17) is 0 Å².